The Balaban J connectivity index is 0.000001000. The van der Waals surface area contributed by atoms with E-state index in [0.717, 1.165) is 6.42 Å². The average molecular weight is 512 g/mol. The van der Waals surface area contributed by atoms with Crippen molar-refractivity contribution < 1.29 is 15.9 Å². The molecule has 0 aromatic heterocycles. The van der Waals surface area contributed by atoms with E-state index >= 15 is 0 Å². The molecule has 1 aromatic rings. The maximum atomic E-state index is 7.30. The summed E-state index contributed by atoms with van der Waals surface area (Å²) >= 11 is -3.47. The van der Waals surface area contributed by atoms with Crippen molar-refractivity contribution >= 4 is 46.4 Å². The van der Waals surface area contributed by atoms with Crippen molar-refractivity contribution in [3.8, 4) is 0 Å². The summed E-state index contributed by atoms with van der Waals surface area (Å²) in [6, 6.07) is 8.68. The van der Waals surface area contributed by atoms with E-state index < -0.39 is 15.9 Å². The Morgan fingerprint density at radius 2 is 1.95 bits per heavy atom. The molecule has 0 N–H and O–H groups in total. The van der Waals surface area contributed by atoms with Gasteiger partial charge in [-0.25, -0.2) is 0 Å². The standard InChI is InChI=1S/C9H7.C5H5.CH3.3ClH.Hf.H2Si/c1-2-5-9-7-3-6-8(9)4-1;1-2-4-5-3-1;;;;;;/h1-7H;1-3H,4H2;1H3;3*1H;;1H2/q;;;;;;+1;/p-1. The second kappa shape index (κ2) is 6.25. The summed E-state index contributed by atoms with van der Waals surface area (Å²) in [6.45, 7) is 2.12. The molecule has 2 aliphatic rings. The van der Waals surface area contributed by atoms with Crippen molar-refractivity contribution in [1.82, 2.24) is 0 Å². The molecule has 0 heterocycles. The average Bonchev–Trinajstić information content (AvgIpc) is 2.99. The van der Waals surface area contributed by atoms with Crippen molar-refractivity contribution in [2.75, 3.05) is 0 Å². The molecule has 1 atom stereocenters. The predicted octanol–water partition coefficient (Wildman–Crippen LogP) is 4.88. The van der Waals surface area contributed by atoms with Gasteiger partial charge in [0.15, 0.2) is 0 Å². The van der Waals surface area contributed by atoms with Crippen molar-refractivity contribution in [3.63, 3.8) is 0 Å². The van der Waals surface area contributed by atoms with Gasteiger partial charge >= 0.3 is 115 Å². The van der Waals surface area contributed by atoms with Crippen molar-refractivity contribution in [2.45, 2.75) is 14.8 Å². The summed E-state index contributed by atoms with van der Waals surface area (Å²) in [7, 11) is 7.30. The van der Waals surface area contributed by atoms with E-state index in [1.165, 1.54) is 14.5 Å². The van der Waals surface area contributed by atoms with Crippen LogP contribution in [0.25, 0.3) is 6.08 Å². The normalized spacial score (nSPS) is 19.9. The zero-order valence-electron chi connectivity index (χ0n) is 11.4. The van der Waals surface area contributed by atoms with Gasteiger partial charge in [0.25, 0.3) is 0 Å². The number of hydrogen-bond donors (Lipinski definition) is 0. The van der Waals surface area contributed by atoms with Gasteiger partial charge in [-0.15, -0.1) is 24.8 Å². The van der Waals surface area contributed by atoms with Crippen LogP contribution >= 0.6 is 33.4 Å². The Morgan fingerprint density at radius 1 is 1.25 bits per heavy atom. The topological polar surface area (TPSA) is 0 Å². The van der Waals surface area contributed by atoms with Crippen molar-refractivity contribution in [3.05, 3.63) is 63.0 Å². The number of fused-ring (bicyclic) bond motifs is 1. The molecule has 5 heteroatoms. The monoisotopic (exact) mass is 512 g/mol. The molecule has 0 radical (unpaired) electrons. The summed E-state index contributed by atoms with van der Waals surface area (Å²) in [5.74, 6) is 0. The molecule has 3 rings (SSSR count). The van der Waals surface area contributed by atoms with Gasteiger partial charge in [-0.3, -0.25) is 0 Å². The molecular weight excluding hydrogens is 493 g/mol. The van der Waals surface area contributed by atoms with Crippen LogP contribution in [0.5, 0.6) is 0 Å². The van der Waals surface area contributed by atoms with Crippen LogP contribution in [0.1, 0.15) is 21.2 Å². The summed E-state index contributed by atoms with van der Waals surface area (Å²) in [4.78, 5) is 0. The number of halogens is 3. The second-order valence-electron chi connectivity index (χ2n) is 5.73. The quantitative estimate of drug-likeness (QED) is 0.496. The third kappa shape index (κ3) is 2.96. The van der Waals surface area contributed by atoms with E-state index in [4.69, 9.17) is 8.58 Å². The van der Waals surface area contributed by atoms with Gasteiger partial charge in [0.05, 0.1) is 0 Å². The molecule has 0 amide bonds. The molecule has 0 saturated heterocycles. The Kier molecular flexibility index (Phi) is 5.77. The third-order valence-electron chi connectivity index (χ3n) is 4.23. The third-order valence-corrected chi connectivity index (χ3v) is 30.5. The number of allylic oxidation sites excluding steroid dienone is 5. The fraction of sp³-hybridized carbons (Fsp3) is 0.200. The molecule has 0 nitrogen and oxygen atoms in total. The van der Waals surface area contributed by atoms with Gasteiger partial charge in [0.1, 0.15) is 0 Å². The molecule has 20 heavy (non-hydrogen) atoms. The molecule has 0 spiro atoms. The number of rotatable bonds is 2. The molecule has 0 fully saturated rings. The first-order chi connectivity index (χ1) is 8.47. The zero-order chi connectivity index (χ0) is 12.8. The molecule has 1 aromatic carbocycles. The van der Waals surface area contributed by atoms with Gasteiger partial charge in [0.2, 0.25) is 0 Å². The van der Waals surface area contributed by atoms with Crippen LogP contribution in [-0.2, 0) is 15.9 Å². The summed E-state index contributed by atoms with van der Waals surface area (Å²) in [5.41, 5.74) is 2.79. The zero-order valence-corrected chi connectivity index (χ0v) is 18.8. The Bertz CT molecular complexity index is 667. The Labute approximate surface area is 139 Å². The van der Waals surface area contributed by atoms with Gasteiger partial charge in [-0.1, -0.05) is 0 Å². The van der Waals surface area contributed by atoms with Crippen LogP contribution in [-0.4, -0.2) is 6.94 Å². The van der Waals surface area contributed by atoms with E-state index in [1.54, 1.807) is 0 Å². The van der Waals surface area contributed by atoms with Crippen LogP contribution in [0.4, 0.5) is 0 Å². The molecule has 108 valence electrons. The summed E-state index contributed by atoms with van der Waals surface area (Å²) in [5, 5.41) is 0. The molecular formula is C15H19Cl3HfSi. The minimum absolute atomic E-state index is 0. The van der Waals surface area contributed by atoms with Gasteiger partial charge in [-0.2, -0.15) is 0 Å². The van der Waals surface area contributed by atoms with Crippen LogP contribution in [0.15, 0.2) is 51.9 Å². The van der Waals surface area contributed by atoms with Crippen LogP contribution < -0.4 is 0 Å². The first kappa shape index (κ1) is 18.4. The van der Waals surface area contributed by atoms with Crippen LogP contribution in [0.2, 0.25) is 4.68 Å². The molecule has 0 bridgehead atoms. The second-order valence-corrected chi connectivity index (χ2v) is 51.4. The fourth-order valence-electron chi connectivity index (χ4n) is 3.04. The van der Waals surface area contributed by atoms with Crippen molar-refractivity contribution in [1.29, 1.82) is 0 Å². The number of benzene rings is 1. The molecule has 2 aliphatic carbocycles. The van der Waals surface area contributed by atoms with Crippen molar-refractivity contribution in [2.24, 2.45) is 0 Å². The SMILES string of the molecule is Cl.Cl.[CH3][Hf](=[SiH2])([Cl])([C]1=CC=CC1)[CH]1C=Cc2ccccc21. The van der Waals surface area contributed by atoms with E-state index in [9.17, 15) is 0 Å². The minimum atomic E-state index is -3.47. The predicted molar refractivity (Wildman–Crippen MR) is 94.8 cm³/mol. The first-order valence-corrected chi connectivity index (χ1v) is 26.6. The fourth-order valence-corrected chi connectivity index (χ4v) is 22.5. The van der Waals surface area contributed by atoms with E-state index in [1.807, 2.05) is 0 Å². The van der Waals surface area contributed by atoms with E-state index in [2.05, 4.69) is 66.3 Å². The van der Waals surface area contributed by atoms with E-state index in [-0.39, 0.29) is 24.8 Å². The summed E-state index contributed by atoms with van der Waals surface area (Å²) < 4.78 is 4.37. The number of hydrogen-bond acceptors (Lipinski definition) is 0. The van der Waals surface area contributed by atoms with Crippen LogP contribution in [0.3, 0.4) is 0 Å². The van der Waals surface area contributed by atoms with E-state index in [0.29, 0.717) is 3.67 Å². The van der Waals surface area contributed by atoms with Gasteiger partial charge in [-0.05, 0) is 0 Å². The van der Waals surface area contributed by atoms with Gasteiger partial charge < -0.3 is 0 Å². The maximum absolute atomic E-state index is 7.30. The molecule has 0 saturated carbocycles. The molecule has 1 unspecified atom stereocenters. The summed E-state index contributed by atoms with van der Waals surface area (Å²) in [6.07, 6.45) is 12.3. The molecule has 0 aliphatic heterocycles. The Morgan fingerprint density at radius 3 is 2.60 bits per heavy atom. The van der Waals surface area contributed by atoms with Gasteiger partial charge in [0, 0.05) is 0 Å². The van der Waals surface area contributed by atoms with Crippen LogP contribution in [0, 0.1) is 0 Å². The first-order valence-electron chi connectivity index (χ1n) is 6.37. The Hall–Kier alpha value is 0.397.